The quantitative estimate of drug-likeness (QED) is 0.503. The smallest absolute Gasteiger partial charge is 0.259 e. The number of aromatic nitrogens is 1. The van der Waals surface area contributed by atoms with E-state index in [1.165, 1.54) is 10.6 Å². The number of pyridine rings is 1. The van der Waals surface area contributed by atoms with Crippen molar-refractivity contribution in [3.8, 4) is 0 Å². The molecular weight excluding hydrogens is 420 g/mol. The Balaban J connectivity index is 1.97. The highest BCUT2D eigenvalue weighted by molar-refractivity contribution is 7.88. The fraction of sp³-hybridized carbons (Fsp3) is 0.429. The van der Waals surface area contributed by atoms with E-state index in [2.05, 4.69) is 16.6 Å². The van der Waals surface area contributed by atoms with Gasteiger partial charge in [-0.3, -0.25) is 14.7 Å². The summed E-state index contributed by atoms with van der Waals surface area (Å²) in [5, 5.41) is 0.692. The molecule has 1 aliphatic heterocycles. The highest BCUT2D eigenvalue weighted by atomic mass is 32.2. The van der Waals surface area contributed by atoms with Crippen molar-refractivity contribution in [2.75, 3.05) is 25.9 Å². The number of allylic oxidation sites excluding steroid dienone is 3. The zero-order valence-electron chi connectivity index (χ0n) is 17.8. The van der Waals surface area contributed by atoms with Crippen LogP contribution in [0.5, 0.6) is 0 Å². The Kier molecular flexibility index (Phi) is 6.76. The van der Waals surface area contributed by atoms with Gasteiger partial charge in [0, 0.05) is 72.4 Å². The normalized spacial score (nSPS) is 19.7. The molecule has 1 aliphatic rings. The van der Waals surface area contributed by atoms with Crippen LogP contribution in [-0.2, 0) is 23.6 Å². The van der Waals surface area contributed by atoms with Crippen molar-refractivity contribution in [2.24, 2.45) is 12.0 Å². The lowest BCUT2D eigenvalue weighted by Gasteiger charge is -2.38. The molecule has 0 saturated carbocycles. The molecule has 0 aliphatic carbocycles. The van der Waals surface area contributed by atoms with Gasteiger partial charge in [0.25, 0.3) is 5.56 Å². The molecule has 0 radical (unpaired) electrons. The SMILES string of the molecule is C=N/C=C(\C=C/C)c1cn(C)c(=O)c2cc(CN3CCN(S(C)(=O)=O)C[C@@H]3C)sc12. The van der Waals surface area contributed by atoms with Crippen molar-refractivity contribution in [3.05, 3.63) is 51.4 Å². The molecule has 162 valence electrons. The lowest BCUT2D eigenvalue weighted by atomic mass is 10.1. The minimum absolute atomic E-state index is 0.0300. The maximum atomic E-state index is 12.8. The summed E-state index contributed by atoms with van der Waals surface area (Å²) < 4.78 is 27.7. The lowest BCUT2D eigenvalue weighted by molar-refractivity contribution is 0.123. The van der Waals surface area contributed by atoms with E-state index in [9.17, 15) is 13.2 Å². The Morgan fingerprint density at radius 2 is 2.13 bits per heavy atom. The number of aryl methyl sites for hydroxylation is 1. The molecule has 0 spiro atoms. The number of thiophene rings is 1. The van der Waals surface area contributed by atoms with Crippen molar-refractivity contribution in [2.45, 2.75) is 26.4 Å². The second-order valence-corrected chi connectivity index (χ2v) is 10.7. The number of aliphatic imine (C=N–C) groups is 1. The van der Waals surface area contributed by atoms with E-state index < -0.39 is 10.0 Å². The van der Waals surface area contributed by atoms with Crippen LogP contribution in [0.25, 0.3) is 15.7 Å². The third kappa shape index (κ3) is 4.64. The molecule has 30 heavy (non-hydrogen) atoms. The van der Waals surface area contributed by atoms with E-state index in [0.29, 0.717) is 31.6 Å². The van der Waals surface area contributed by atoms with E-state index in [-0.39, 0.29) is 11.6 Å². The van der Waals surface area contributed by atoms with Gasteiger partial charge >= 0.3 is 0 Å². The predicted octanol–water partition coefficient (Wildman–Crippen LogP) is 2.68. The van der Waals surface area contributed by atoms with Crippen LogP contribution in [0.2, 0.25) is 0 Å². The minimum atomic E-state index is -3.17. The fourth-order valence-corrected chi connectivity index (χ4v) is 5.87. The van der Waals surface area contributed by atoms with Crippen LogP contribution in [0.3, 0.4) is 0 Å². The summed E-state index contributed by atoms with van der Waals surface area (Å²) in [5.74, 6) is 0. The molecule has 1 atom stereocenters. The van der Waals surface area contributed by atoms with Gasteiger partial charge in [-0.1, -0.05) is 12.2 Å². The summed E-state index contributed by atoms with van der Waals surface area (Å²) >= 11 is 1.61. The maximum Gasteiger partial charge on any atom is 0.259 e. The van der Waals surface area contributed by atoms with Gasteiger partial charge in [0.05, 0.1) is 11.6 Å². The standard InChI is InChI=1S/C21H28N4O3S2/c1-6-7-16(11-22-3)19-14-23(4)21(26)18-10-17(29-20(18)19)13-24-8-9-25(12-15(24)2)30(5,27)28/h6-7,10-11,14-15H,3,8-9,12-13H2,1-2,4-5H3/b7-6-,16-11+/t15-/m0/s1. The van der Waals surface area contributed by atoms with Gasteiger partial charge in [-0.15, -0.1) is 11.3 Å². The Morgan fingerprint density at radius 1 is 1.40 bits per heavy atom. The summed E-state index contributed by atoms with van der Waals surface area (Å²) in [6, 6.07) is 2.07. The van der Waals surface area contributed by atoms with Crippen molar-refractivity contribution in [1.82, 2.24) is 13.8 Å². The largest absolute Gasteiger partial charge is 0.317 e. The molecule has 0 unspecified atom stereocenters. The fourth-order valence-electron chi connectivity index (χ4n) is 3.76. The molecular formula is C21H28N4O3S2. The lowest BCUT2D eigenvalue weighted by Crippen LogP contribution is -2.52. The zero-order chi connectivity index (χ0) is 22.1. The van der Waals surface area contributed by atoms with Crippen LogP contribution in [0.1, 0.15) is 24.3 Å². The number of piperazine rings is 1. The molecule has 3 heterocycles. The Morgan fingerprint density at radius 3 is 2.73 bits per heavy atom. The van der Waals surface area contributed by atoms with Gasteiger partial charge in [0.15, 0.2) is 0 Å². The molecule has 2 aromatic rings. The van der Waals surface area contributed by atoms with E-state index >= 15 is 0 Å². The Bertz CT molecular complexity index is 1170. The molecule has 2 aromatic heterocycles. The minimum Gasteiger partial charge on any atom is -0.317 e. The first-order chi connectivity index (χ1) is 14.2. The van der Waals surface area contributed by atoms with Crippen molar-refractivity contribution in [3.63, 3.8) is 0 Å². The van der Waals surface area contributed by atoms with E-state index in [4.69, 9.17) is 0 Å². The van der Waals surface area contributed by atoms with Gasteiger partial charge in [-0.05, 0) is 26.6 Å². The maximum absolute atomic E-state index is 12.8. The molecule has 0 bridgehead atoms. The molecule has 7 nitrogen and oxygen atoms in total. The number of rotatable bonds is 6. The monoisotopic (exact) mass is 448 g/mol. The number of hydrogen-bond donors (Lipinski definition) is 0. The third-order valence-electron chi connectivity index (χ3n) is 5.34. The van der Waals surface area contributed by atoms with Crippen LogP contribution < -0.4 is 5.56 Å². The van der Waals surface area contributed by atoms with Crippen LogP contribution in [-0.4, -0.2) is 60.8 Å². The molecule has 3 rings (SSSR count). The molecule has 1 saturated heterocycles. The first kappa shape index (κ1) is 22.6. The average molecular weight is 449 g/mol. The van der Waals surface area contributed by atoms with Crippen molar-refractivity contribution >= 4 is 43.7 Å². The number of fused-ring (bicyclic) bond motifs is 1. The van der Waals surface area contributed by atoms with E-state index in [0.717, 1.165) is 20.7 Å². The summed E-state index contributed by atoms with van der Waals surface area (Å²) in [6.07, 6.45) is 8.69. The second-order valence-electron chi connectivity index (χ2n) is 7.62. The van der Waals surface area contributed by atoms with Gasteiger partial charge in [0.2, 0.25) is 10.0 Å². The van der Waals surface area contributed by atoms with Gasteiger partial charge in [-0.25, -0.2) is 8.42 Å². The third-order valence-corrected chi connectivity index (χ3v) is 7.77. The van der Waals surface area contributed by atoms with Gasteiger partial charge < -0.3 is 4.57 Å². The topological polar surface area (TPSA) is 75.0 Å². The van der Waals surface area contributed by atoms with E-state index in [1.54, 1.807) is 29.2 Å². The summed E-state index contributed by atoms with van der Waals surface area (Å²) in [4.78, 5) is 20.0. The first-order valence-corrected chi connectivity index (χ1v) is 12.4. The van der Waals surface area contributed by atoms with Crippen LogP contribution in [0, 0.1) is 0 Å². The summed E-state index contributed by atoms with van der Waals surface area (Å²) in [6.45, 7) is 9.86. The van der Waals surface area contributed by atoms with Crippen LogP contribution in [0.15, 0.2) is 40.4 Å². The highest BCUT2D eigenvalue weighted by Crippen LogP contribution is 2.32. The Hall–Kier alpha value is -2.07. The molecule has 0 aromatic carbocycles. The zero-order valence-corrected chi connectivity index (χ0v) is 19.5. The average Bonchev–Trinajstić information content (AvgIpc) is 3.09. The number of sulfonamides is 1. The van der Waals surface area contributed by atoms with E-state index in [1.807, 2.05) is 38.3 Å². The molecule has 0 N–H and O–H groups in total. The van der Waals surface area contributed by atoms with Crippen molar-refractivity contribution < 1.29 is 8.42 Å². The number of hydrogen-bond acceptors (Lipinski definition) is 6. The summed E-state index contributed by atoms with van der Waals surface area (Å²) in [7, 11) is -1.42. The second kappa shape index (κ2) is 8.97. The van der Waals surface area contributed by atoms with Gasteiger partial charge in [-0.2, -0.15) is 4.31 Å². The van der Waals surface area contributed by atoms with Crippen molar-refractivity contribution in [1.29, 1.82) is 0 Å². The molecule has 0 amide bonds. The van der Waals surface area contributed by atoms with Crippen LogP contribution >= 0.6 is 11.3 Å². The highest BCUT2D eigenvalue weighted by Gasteiger charge is 2.29. The van der Waals surface area contributed by atoms with Gasteiger partial charge in [0.1, 0.15) is 0 Å². The summed E-state index contributed by atoms with van der Waals surface area (Å²) in [5.41, 5.74) is 1.82. The Labute approximate surface area is 181 Å². The predicted molar refractivity (Wildman–Crippen MR) is 126 cm³/mol. The first-order valence-electron chi connectivity index (χ1n) is 9.76. The number of nitrogens with zero attached hydrogens (tertiary/aromatic N) is 4. The molecule has 1 fully saturated rings. The van der Waals surface area contributed by atoms with Crippen LogP contribution in [0.4, 0.5) is 0 Å². The molecule has 9 heteroatoms.